The molecule has 0 N–H and O–H groups in total. The Labute approximate surface area is 234 Å². The molecule has 2 aliphatic heterocycles. The van der Waals surface area contributed by atoms with Crippen molar-refractivity contribution in [1.29, 1.82) is 0 Å². The van der Waals surface area contributed by atoms with Crippen molar-refractivity contribution in [2.75, 3.05) is 53.0 Å². The van der Waals surface area contributed by atoms with Crippen molar-refractivity contribution in [3.05, 3.63) is 89.1 Å². The number of carbonyl (C=O) groups excluding carboxylic acids is 2. The monoisotopic (exact) mass is 549 g/mol. The van der Waals surface area contributed by atoms with Gasteiger partial charge in [-0.25, -0.2) is 4.39 Å². The molecule has 3 heterocycles. The zero-order valence-electron chi connectivity index (χ0n) is 23.1. The molecule has 0 saturated carbocycles. The number of benzene rings is 2. The number of hydrogen-bond donors (Lipinski definition) is 0. The van der Waals surface area contributed by atoms with Gasteiger partial charge in [-0.2, -0.15) is 0 Å². The van der Waals surface area contributed by atoms with Crippen LogP contribution in [0.15, 0.2) is 65.3 Å². The fourth-order valence-electron chi connectivity index (χ4n) is 5.52. The number of halogens is 1. The molecular formula is C31H36FN3O5. The average Bonchev–Trinajstić information content (AvgIpc) is 3.53. The minimum Gasteiger partial charge on any atom is -0.481 e. The van der Waals surface area contributed by atoms with Crippen LogP contribution in [-0.2, 0) is 16.0 Å². The summed E-state index contributed by atoms with van der Waals surface area (Å²) >= 11 is 0. The van der Waals surface area contributed by atoms with E-state index in [-0.39, 0.29) is 23.4 Å². The van der Waals surface area contributed by atoms with E-state index < -0.39 is 12.1 Å². The van der Waals surface area contributed by atoms with Crippen molar-refractivity contribution >= 4 is 11.8 Å². The summed E-state index contributed by atoms with van der Waals surface area (Å²) in [5.74, 6) is 0.225. The molecule has 1 saturated heterocycles. The Kier molecular flexibility index (Phi) is 8.81. The molecule has 5 rings (SSSR count). The number of hydrogen-bond acceptors (Lipinski definition) is 6. The summed E-state index contributed by atoms with van der Waals surface area (Å²) in [7, 11) is 1.69. The summed E-state index contributed by atoms with van der Waals surface area (Å²) in [5.41, 5.74) is 2.76. The van der Waals surface area contributed by atoms with Crippen LogP contribution in [0.3, 0.4) is 0 Å². The third kappa shape index (κ3) is 6.05. The molecule has 2 aliphatic rings. The van der Waals surface area contributed by atoms with Gasteiger partial charge in [-0.3, -0.25) is 14.5 Å². The molecule has 9 heteroatoms. The number of piperazine rings is 1. The van der Waals surface area contributed by atoms with E-state index in [1.54, 1.807) is 36.3 Å². The number of carbonyl (C=O) groups is 2. The van der Waals surface area contributed by atoms with Crippen LogP contribution in [0.2, 0.25) is 0 Å². The fraction of sp³-hybridized carbons (Fsp3) is 0.419. The number of rotatable bonds is 9. The molecule has 0 spiro atoms. The molecule has 212 valence electrons. The van der Waals surface area contributed by atoms with Crippen molar-refractivity contribution in [3.8, 4) is 5.75 Å². The van der Waals surface area contributed by atoms with Crippen LogP contribution in [0, 0.1) is 5.82 Å². The Hall–Kier alpha value is -3.69. The lowest BCUT2D eigenvalue weighted by molar-refractivity contribution is -0.140. The summed E-state index contributed by atoms with van der Waals surface area (Å²) in [6.07, 6.45) is 2.05. The Morgan fingerprint density at radius 3 is 2.50 bits per heavy atom. The molecule has 0 bridgehead atoms. The minimum atomic E-state index is -0.614. The molecule has 1 aromatic heterocycles. The Morgan fingerprint density at radius 1 is 1.05 bits per heavy atom. The lowest BCUT2D eigenvalue weighted by Gasteiger charge is -2.38. The van der Waals surface area contributed by atoms with Crippen molar-refractivity contribution < 1.29 is 27.9 Å². The molecule has 2 amide bonds. The van der Waals surface area contributed by atoms with E-state index in [0.29, 0.717) is 44.8 Å². The first-order chi connectivity index (χ1) is 19.5. The van der Waals surface area contributed by atoms with Crippen LogP contribution in [0.25, 0.3) is 0 Å². The van der Waals surface area contributed by atoms with E-state index in [2.05, 4.69) is 4.90 Å². The van der Waals surface area contributed by atoms with Crippen molar-refractivity contribution in [1.82, 2.24) is 14.7 Å². The molecule has 2 atom stereocenters. The summed E-state index contributed by atoms with van der Waals surface area (Å²) in [5, 5.41) is 0. The predicted octanol–water partition coefficient (Wildman–Crippen LogP) is 4.15. The first-order valence-corrected chi connectivity index (χ1v) is 13.9. The first kappa shape index (κ1) is 27.9. The third-order valence-corrected chi connectivity index (χ3v) is 7.74. The Balaban J connectivity index is 1.37. The summed E-state index contributed by atoms with van der Waals surface area (Å²) < 4.78 is 30.7. The Bertz CT molecular complexity index is 1290. The smallest absolute Gasteiger partial charge is 0.290 e. The molecule has 3 aromatic rings. The van der Waals surface area contributed by atoms with E-state index >= 15 is 0 Å². The second kappa shape index (κ2) is 12.7. The number of amides is 2. The van der Waals surface area contributed by atoms with Crippen LogP contribution in [0.5, 0.6) is 5.75 Å². The zero-order valence-corrected chi connectivity index (χ0v) is 23.1. The second-order valence-corrected chi connectivity index (χ2v) is 10.2. The van der Waals surface area contributed by atoms with Crippen molar-refractivity contribution in [3.63, 3.8) is 0 Å². The summed E-state index contributed by atoms with van der Waals surface area (Å²) in [6.45, 7) is 6.90. The highest BCUT2D eigenvalue weighted by Gasteiger charge is 2.35. The van der Waals surface area contributed by atoms with Gasteiger partial charge in [0.05, 0.1) is 18.9 Å². The molecule has 8 nitrogen and oxygen atoms in total. The number of methoxy groups -OCH3 is 1. The molecule has 2 unspecified atom stereocenters. The summed E-state index contributed by atoms with van der Waals surface area (Å²) in [6, 6.07) is 14.9. The molecule has 2 aromatic carbocycles. The lowest BCUT2D eigenvalue weighted by Crippen LogP contribution is -2.52. The quantitative estimate of drug-likeness (QED) is 0.399. The highest BCUT2D eigenvalue weighted by Crippen LogP contribution is 2.38. The standard InChI is InChI=1S/C31H36FN3O5/c1-3-27(30(36)34-16-14-33(15-17-34)18-20-38-2)40-25-11-8-22-12-13-35(31(37)28-5-4-19-39-28)29(26(22)21-25)23-6-9-24(32)10-7-23/h4-11,19,21,27,29H,3,12-18,20H2,1-2H3. The van der Waals surface area contributed by atoms with Crippen molar-refractivity contribution in [2.45, 2.75) is 31.9 Å². The lowest BCUT2D eigenvalue weighted by atomic mass is 9.87. The van der Waals surface area contributed by atoms with Crippen LogP contribution in [0.1, 0.15) is 46.6 Å². The topological polar surface area (TPSA) is 75.5 Å². The van der Waals surface area contributed by atoms with Gasteiger partial charge < -0.3 is 23.7 Å². The second-order valence-electron chi connectivity index (χ2n) is 10.2. The normalized spacial score (nSPS) is 18.3. The van der Waals surface area contributed by atoms with Crippen LogP contribution >= 0.6 is 0 Å². The van der Waals surface area contributed by atoms with E-state index in [0.717, 1.165) is 36.3 Å². The predicted molar refractivity (Wildman–Crippen MR) is 148 cm³/mol. The maximum Gasteiger partial charge on any atom is 0.290 e. The first-order valence-electron chi connectivity index (χ1n) is 13.9. The number of fused-ring (bicyclic) bond motifs is 1. The van der Waals surface area contributed by atoms with E-state index in [1.807, 2.05) is 30.0 Å². The van der Waals surface area contributed by atoms with Gasteiger partial charge in [-0.15, -0.1) is 0 Å². The average molecular weight is 550 g/mol. The van der Waals surface area contributed by atoms with Gasteiger partial charge in [0.15, 0.2) is 11.9 Å². The molecule has 0 radical (unpaired) electrons. The maximum absolute atomic E-state index is 13.8. The van der Waals surface area contributed by atoms with E-state index in [9.17, 15) is 14.0 Å². The van der Waals surface area contributed by atoms with Crippen LogP contribution in [-0.4, -0.2) is 85.6 Å². The third-order valence-electron chi connectivity index (χ3n) is 7.74. The Morgan fingerprint density at radius 2 is 1.82 bits per heavy atom. The summed E-state index contributed by atoms with van der Waals surface area (Å²) in [4.78, 5) is 32.8. The molecular weight excluding hydrogens is 513 g/mol. The van der Waals surface area contributed by atoms with Gasteiger partial charge in [0.1, 0.15) is 11.6 Å². The SMILES string of the molecule is CCC(Oc1ccc2c(c1)C(c1ccc(F)cc1)N(C(=O)c1ccco1)CC2)C(=O)N1CCN(CCOC)CC1. The highest BCUT2D eigenvalue weighted by molar-refractivity contribution is 5.92. The minimum absolute atomic E-state index is 0.0173. The van der Waals surface area contributed by atoms with Gasteiger partial charge in [-0.05, 0) is 65.9 Å². The van der Waals surface area contributed by atoms with Crippen LogP contribution < -0.4 is 4.74 Å². The number of furan rings is 1. The van der Waals surface area contributed by atoms with Gasteiger partial charge in [0.2, 0.25) is 0 Å². The molecule has 1 fully saturated rings. The van der Waals surface area contributed by atoms with Crippen molar-refractivity contribution in [2.24, 2.45) is 0 Å². The number of ether oxygens (including phenoxy) is 2. The van der Waals surface area contributed by atoms with Gasteiger partial charge in [-0.1, -0.05) is 25.1 Å². The zero-order chi connectivity index (χ0) is 28.1. The van der Waals surface area contributed by atoms with Gasteiger partial charge in [0, 0.05) is 46.4 Å². The van der Waals surface area contributed by atoms with E-state index in [1.165, 1.54) is 18.4 Å². The largest absolute Gasteiger partial charge is 0.481 e. The maximum atomic E-state index is 13.8. The molecule has 0 aliphatic carbocycles. The van der Waals surface area contributed by atoms with Crippen LogP contribution in [0.4, 0.5) is 4.39 Å². The highest BCUT2D eigenvalue weighted by atomic mass is 19.1. The molecule has 40 heavy (non-hydrogen) atoms. The van der Waals surface area contributed by atoms with E-state index in [4.69, 9.17) is 13.9 Å². The van der Waals surface area contributed by atoms with Gasteiger partial charge in [0.25, 0.3) is 11.8 Å². The van der Waals surface area contributed by atoms with Gasteiger partial charge >= 0.3 is 0 Å². The number of nitrogens with zero attached hydrogens (tertiary/aromatic N) is 3. The fourth-order valence-corrected chi connectivity index (χ4v) is 5.52.